The van der Waals surface area contributed by atoms with Gasteiger partial charge in [-0.05, 0) is 51.4 Å². The first-order valence-corrected chi connectivity index (χ1v) is 9.66. The smallest absolute Gasteiger partial charge is 0.322 e. The Bertz CT molecular complexity index is 671. The van der Waals surface area contributed by atoms with Crippen LogP contribution in [0.1, 0.15) is 31.2 Å². The normalized spacial score (nSPS) is 21.9. The lowest BCUT2D eigenvalue weighted by atomic mass is 10.00. The molecule has 0 saturated carbocycles. The van der Waals surface area contributed by atoms with Gasteiger partial charge in [0.1, 0.15) is 6.04 Å². The number of amides is 4. The number of piperidine rings is 1. The summed E-state index contributed by atoms with van der Waals surface area (Å²) in [4.78, 5) is 40.9. The van der Waals surface area contributed by atoms with Crippen LogP contribution in [0.3, 0.4) is 0 Å². The van der Waals surface area contributed by atoms with Crippen LogP contribution in [0.15, 0.2) is 30.3 Å². The van der Waals surface area contributed by atoms with Gasteiger partial charge in [0, 0.05) is 19.0 Å². The number of carbonyl (C=O) groups excluding carboxylic acids is 3. The molecule has 7 nitrogen and oxygen atoms in total. The molecule has 146 valence electrons. The highest BCUT2D eigenvalue weighted by molar-refractivity contribution is 5.98. The van der Waals surface area contributed by atoms with Gasteiger partial charge in [-0.2, -0.15) is 0 Å². The third-order valence-corrected chi connectivity index (χ3v) is 5.41. The standard InChI is InChI=1S/C20H28N4O3/c1-23-12-10-16(11-13-23)24(14-9-15-5-3-2-4-6-15)19(26)17-7-8-18(25)22-20(27)21-17/h2-6,16-17H,7-14H2,1H3,(H2,21,22,25,27). The van der Waals surface area contributed by atoms with Gasteiger partial charge in [0.25, 0.3) is 0 Å². The minimum atomic E-state index is -0.646. The van der Waals surface area contributed by atoms with Gasteiger partial charge >= 0.3 is 6.03 Å². The van der Waals surface area contributed by atoms with Gasteiger partial charge in [0.15, 0.2) is 0 Å². The fraction of sp³-hybridized carbons (Fsp3) is 0.550. The fourth-order valence-corrected chi connectivity index (χ4v) is 3.79. The number of likely N-dealkylation sites (tertiary alicyclic amines) is 1. The van der Waals surface area contributed by atoms with Crippen LogP contribution in [0.4, 0.5) is 4.79 Å². The summed E-state index contributed by atoms with van der Waals surface area (Å²) in [5, 5.41) is 4.91. The number of urea groups is 1. The predicted octanol–water partition coefficient (Wildman–Crippen LogP) is 1.14. The maximum atomic E-state index is 13.3. The fourth-order valence-electron chi connectivity index (χ4n) is 3.79. The summed E-state index contributed by atoms with van der Waals surface area (Å²) in [5.41, 5.74) is 1.19. The molecule has 2 aliphatic heterocycles. The molecule has 2 aliphatic rings. The molecule has 0 aromatic heterocycles. The van der Waals surface area contributed by atoms with Crippen LogP contribution in [0, 0.1) is 0 Å². The van der Waals surface area contributed by atoms with E-state index in [9.17, 15) is 14.4 Å². The SMILES string of the molecule is CN1CCC(N(CCc2ccccc2)C(=O)C2CCC(=O)NC(=O)N2)CC1. The van der Waals surface area contributed by atoms with E-state index in [1.807, 2.05) is 23.1 Å². The Kier molecular flexibility index (Phi) is 6.45. The van der Waals surface area contributed by atoms with E-state index in [4.69, 9.17) is 0 Å². The van der Waals surface area contributed by atoms with E-state index in [1.165, 1.54) is 5.56 Å². The van der Waals surface area contributed by atoms with Crippen LogP contribution in [0.25, 0.3) is 0 Å². The summed E-state index contributed by atoms with van der Waals surface area (Å²) in [6.45, 7) is 2.53. The van der Waals surface area contributed by atoms with Crippen molar-refractivity contribution < 1.29 is 14.4 Å². The number of rotatable bonds is 5. The van der Waals surface area contributed by atoms with E-state index in [2.05, 4.69) is 34.7 Å². The molecule has 4 amide bonds. The first kappa shape index (κ1) is 19.4. The van der Waals surface area contributed by atoms with Gasteiger partial charge in [-0.3, -0.25) is 14.9 Å². The molecule has 1 atom stereocenters. The average molecular weight is 372 g/mol. The second-order valence-electron chi connectivity index (χ2n) is 7.41. The second-order valence-corrected chi connectivity index (χ2v) is 7.41. The van der Waals surface area contributed by atoms with Gasteiger partial charge in [-0.1, -0.05) is 30.3 Å². The van der Waals surface area contributed by atoms with Crippen molar-refractivity contribution >= 4 is 17.8 Å². The van der Waals surface area contributed by atoms with Crippen LogP contribution < -0.4 is 10.6 Å². The van der Waals surface area contributed by atoms with Crippen molar-refractivity contribution in [2.75, 3.05) is 26.7 Å². The quantitative estimate of drug-likeness (QED) is 0.812. The molecule has 0 bridgehead atoms. The van der Waals surface area contributed by atoms with Crippen molar-refractivity contribution in [3.63, 3.8) is 0 Å². The highest BCUT2D eigenvalue weighted by atomic mass is 16.2. The van der Waals surface area contributed by atoms with Crippen molar-refractivity contribution in [2.24, 2.45) is 0 Å². The third kappa shape index (κ3) is 5.29. The number of imide groups is 1. The molecule has 3 rings (SSSR count). The number of hydrogen-bond acceptors (Lipinski definition) is 4. The van der Waals surface area contributed by atoms with Crippen LogP contribution in [0.2, 0.25) is 0 Å². The molecule has 1 aromatic carbocycles. The molecule has 0 spiro atoms. The Labute approximate surface area is 160 Å². The lowest BCUT2D eigenvalue weighted by molar-refractivity contribution is -0.136. The molecule has 7 heteroatoms. The Morgan fingerprint density at radius 2 is 1.85 bits per heavy atom. The van der Waals surface area contributed by atoms with Gasteiger partial charge < -0.3 is 15.1 Å². The molecule has 27 heavy (non-hydrogen) atoms. The first-order valence-electron chi connectivity index (χ1n) is 9.66. The Morgan fingerprint density at radius 3 is 2.56 bits per heavy atom. The molecule has 2 N–H and O–H groups in total. The third-order valence-electron chi connectivity index (χ3n) is 5.41. The van der Waals surface area contributed by atoms with Crippen molar-refractivity contribution in [1.82, 2.24) is 20.4 Å². The molecule has 1 unspecified atom stereocenters. The van der Waals surface area contributed by atoms with E-state index in [-0.39, 0.29) is 24.3 Å². The highest BCUT2D eigenvalue weighted by Crippen LogP contribution is 2.19. The molecule has 2 fully saturated rings. The van der Waals surface area contributed by atoms with Gasteiger partial charge in [0.2, 0.25) is 11.8 Å². The number of nitrogens with zero attached hydrogens (tertiary/aromatic N) is 2. The number of hydrogen-bond donors (Lipinski definition) is 2. The topological polar surface area (TPSA) is 81.8 Å². The predicted molar refractivity (Wildman–Crippen MR) is 102 cm³/mol. The van der Waals surface area contributed by atoms with Crippen LogP contribution in [-0.2, 0) is 16.0 Å². The average Bonchev–Trinajstić information content (AvgIpc) is 2.84. The summed E-state index contributed by atoms with van der Waals surface area (Å²) in [5.74, 6) is -0.414. The highest BCUT2D eigenvalue weighted by Gasteiger charge is 2.33. The summed E-state index contributed by atoms with van der Waals surface area (Å²) < 4.78 is 0. The Hall–Kier alpha value is -2.41. The van der Waals surface area contributed by atoms with Gasteiger partial charge in [-0.25, -0.2) is 4.79 Å². The van der Waals surface area contributed by atoms with Crippen LogP contribution in [-0.4, -0.2) is 66.4 Å². The lowest BCUT2D eigenvalue weighted by Gasteiger charge is -2.39. The molecule has 0 aliphatic carbocycles. The van der Waals surface area contributed by atoms with E-state index < -0.39 is 12.1 Å². The molecule has 2 heterocycles. The number of nitrogens with one attached hydrogen (secondary N) is 2. The van der Waals surface area contributed by atoms with Gasteiger partial charge in [0.05, 0.1) is 0 Å². The van der Waals surface area contributed by atoms with E-state index in [0.29, 0.717) is 13.0 Å². The summed E-state index contributed by atoms with van der Waals surface area (Å²) >= 11 is 0. The molecular weight excluding hydrogens is 344 g/mol. The number of benzene rings is 1. The zero-order valence-corrected chi connectivity index (χ0v) is 15.8. The maximum absolute atomic E-state index is 13.3. The summed E-state index contributed by atoms with van der Waals surface area (Å²) in [7, 11) is 2.09. The van der Waals surface area contributed by atoms with Gasteiger partial charge in [-0.15, -0.1) is 0 Å². The second kappa shape index (κ2) is 8.99. The maximum Gasteiger partial charge on any atom is 0.322 e. The Morgan fingerprint density at radius 1 is 1.15 bits per heavy atom. The number of carbonyl (C=O) groups is 3. The minimum Gasteiger partial charge on any atom is -0.338 e. The zero-order chi connectivity index (χ0) is 19.2. The van der Waals surface area contributed by atoms with Crippen molar-refractivity contribution in [3.05, 3.63) is 35.9 Å². The van der Waals surface area contributed by atoms with Crippen molar-refractivity contribution in [3.8, 4) is 0 Å². The summed E-state index contributed by atoms with van der Waals surface area (Å²) in [6, 6.07) is 9.05. The minimum absolute atomic E-state index is 0.0784. The molecule has 1 aromatic rings. The summed E-state index contributed by atoms with van der Waals surface area (Å²) in [6.07, 6.45) is 3.14. The van der Waals surface area contributed by atoms with E-state index in [1.54, 1.807) is 0 Å². The lowest BCUT2D eigenvalue weighted by Crippen LogP contribution is -2.54. The van der Waals surface area contributed by atoms with Crippen molar-refractivity contribution in [1.29, 1.82) is 0 Å². The van der Waals surface area contributed by atoms with Crippen LogP contribution in [0.5, 0.6) is 0 Å². The Balaban J connectivity index is 1.72. The molecule has 0 radical (unpaired) electrons. The first-order chi connectivity index (χ1) is 13.0. The monoisotopic (exact) mass is 372 g/mol. The zero-order valence-electron chi connectivity index (χ0n) is 15.8. The molecule has 2 saturated heterocycles. The largest absolute Gasteiger partial charge is 0.338 e. The van der Waals surface area contributed by atoms with E-state index >= 15 is 0 Å². The van der Waals surface area contributed by atoms with Crippen molar-refractivity contribution in [2.45, 2.75) is 44.2 Å². The van der Waals surface area contributed by atoms with Crippen LogP contribution >= 0.6 is 0 Å². The molecular formula is C20H28N4O3. The van der Waals surface area contributed by atoms with E-state index in [0.717, 1.165) is 32.4 Å².